The molecule has 0 bridgehead atoms. The van der Waals surface area contributed by atoms with Crippen molar-refractivity contribution in [2.75, 3.05) is 12.8 Å². The number of ether oxygens (including phenoxy) is 1. The Labute approximate surface area is 135 Å². The first-order chi connectivity index (χ1) is 11.2. The normalized spacial score (nSPS) is 11.0. The van der Waals surface area contributed by atoms with Crippen molar-refractivity contribution in [2.45, 2.75) is 0 Å². The Morgan fingerprint density at radius 1 is 1.09 bits per heavy atom. The van der Waals surface area contributed by atoms with Gasteiger partial charge in [0, 0.05) is 5.56 Å². The van der Waals surface area contributed by atoms with Crippen molar-refractivity contribution < 1.29 is 9.15 Å². The topological polar surface area (TPSA) is 87.1 Å². The zero-order valence-corrected chi connectivity index (χ0v) is 13.0. The quantitative estimate of drug-likeness (QED) is 0.619. The maximum atomic E-state index is 6.05. The van der Waals surface area contributed by atoms with Crippen molar-refractivity contribution in [1.82, 2.24) is 15.0 Å². The van der Waals surface area contributed by atoms with Gasteiger partial charge in [0.25, 0.3) is 0 Å². The van der Waals surface area contributed by atoms with Crippen molar-refractivity contribution in [1.29, 1.82) is 0 Å². The molecule has 0 saturated heterocycles. The van der Waals surface area contributed by atoms with Crippen LogP contribution in [0.3, 0.4) is 0 Å². The standard InChI is InChI=1S/C16H12N4O2S/c1-21-10-6-4-9(5-7-10)14-19-13(17)12-16(20-14)23-15(18-12)11-3-2-8-22-11/h2-8H,1H3,(H2,17,19,20). The molecule has 23 heavy (non-hydrogen) atoms. The second kappa shape index (κ2) is 5.36. The molecule has 0 radical (unpaired) electrons. The van der Waals surface area contributed by atoms with Crippen LogP contribution in [0.2, 0.25) is 0 Å². The molecule has 0 aliphatic carbocycles. The Morgan fingerprint density at radius 3 is 2.61 bits per heavy atom. The predicted octanol–water partition coefficient (Wildman–Crippen LogP) is 3.60. The lowest BCUT2D eigenvalue weighted by atomic mass is 10.2. The molecule has 0 atom stereocenters. The van der Waals surface area contributed by atoms with Gasteiger partial charge in [-0.25, -0.2) is 15.0 Å². The van der Waals surface area contributed by atoms with Crippen LogP contribution in [-0.4, -0.2) is 22.1 Å². The van der Waals surface area contributed by atoms with Gasteiger partial charge in [-0.05, 0) is 36.4 Å². The highest BCUT2D eigenvalue weighted by Gasteiger charge is 2.15. The van der Waals surface area contributed by atoms with Gasteiger partial charge in [-0.15, -0.1) is 0 Å². The van der Waals surface area contributed by atoms with E-state index >= 15 is 0 Å². The van der Waals surface area contributed by atoms with Gasteiger partial charge < -0.3 is 14.9 Å². The summed E-state index contributed by atoms with van der Waals surface area (Å²) in [5.41, 5.74) is 7.52. The fourth-order valence-electron chi connectivity index (χ4n) is 2.22. The Kier molecular flexibility index (Phi) is 3.20. The summed E-state index contributed by atoms with van der Waals surface area (Å²) in [7, 11) is 1.63. The van der Waals surface area contributed by atoms with Gasteiger partial charge in [0.1, 0.15) is 16.1 Å². The van der Waals surface area contributed by atoms with Crippen LogP contribution in [0.5, 0.6) is 5.75 Å². The Bertz CT molecular complexity index is 962. The monoisotopic (exact) mass is 324 g/mol. The average molecular weight is 324 g/mol. The summed E-state index contributed by atoms with van der Waals surface area (Å²) in [5, 5.41) is 0.734. The van der Waals surface area contributed by atoms with E-state index in [2.05, 4.69) is 15.0 Å². The lowest BCUT2D eigenvalue weighted by Crippen LogP contribution is -1.97. The molecule has 6 nitrogen and oxygen atoms in total. The van der Waals surface area contributed by atoms with Crippen molar-refractivity contribution in [3.05, 3.63) is 42.7 Å². The number of fused-ring (bicyclic) bond motifs is 1. The number of rotatable bonds is 3. The second-order valence-electron chi connectivity index (χ2n) is 4.81. The molecule has 4 aromatic rings. The van der Waals surface area contributed by atoms with Crippen LogP contribution >= 0.6 is 11.3 Å². The van der Waals surface area contributed by atoms with Gasteiger partial charge in [-0.3, -0.25) is 0 Å². The van der Waals surface area contributed by atoms with Crippen molar-refractivity contribution in [3.63, 3.8) is 0 Å². The Balaban J connectivity index is 1.82. The van der Waals surface area contributed by atoms with E-state index in [-0.39, 0.29) is 0 Å². The molecule has 0 aliphatic rings. The third kappa shape index (κ3) is 2.40. The molecule has 0 saturated carbocycles. The van der Waals surface area contributed by atoms with Crippen molar-refractivity contribution >= 4 is 27.5 Å². The minimum absolute atomic E-state index is 0.356. The molecule has 4 rings (SSSR count). The molecule has 0 fully saturated rings. The van der Waals surface area contributed by atoms with E-state index < -0.39 is 0 Å². The van der Waals surface area contributed by atoms with Crippen LogP contribution in [-0.2, 0) is 0 Å². The summed E-state index contributed by atoms with van der Waals surface area (Å²) >= 11 is 1.42. The van der Waals surface area contributed by atoms with Crippen LogP contribution < -0.4 is 10.5 Å². The number of thiazole rings is 1. The number of nitrogen functional groups attached to an aromatic ring is 1. The first-order valence-corrected chi connectivity index (χ1v) is 7.68. The van der Waals surface area contributed by atoms with Gasteiger partial charge >= 0.3 is 0 Å². The van der Waals surface area contributed by atoms with E-state index in [1.165, 1.54) is 11.3 Å². The third-order valence-electron chi connectivity index (χ3n) is 3.37. The third-order valence-corrected chi connectivity index (χ3v) is 4.33. The number of nitrogens with zero attached hydrogens (tertiary/aromatic N) is 3. The second-order valence-corrected chi connectivity index (χ2v) is 5.79. The molecular formula is C16H12N4O2S. The highest BCUT2D eigenvalue weighted by molar-refractivity contribution is 7.21. The van der Waals surface area contributed by atoms with Crippen LogP contribution in [0.1, 0.15) is 0 Å². The minimum Gasteiger partial charge on any atom is -0.497 e. The van der Waals surface area contributed by atoms with Gasteiger partial charge in [0.05, 0.1) is 13.4 Å². The van der Waals surface area contributed by atoms with E-state index in [0.717, 1.165) is 21.2 Å². The number of nitrogens with two attached hydrogens (primary N) is 1. The van der Waals surface area contributed by atoms with Gasteiger partial charge in [0.2, 0.25) is 0 Å². The average Bonchev–Trinajstić information content (AvgIpc) is 3.24. The van der Waals surface area contributed by atoms with Gasteiger partial charge in [-0.2, -0.15) is 0 Å². The SMILES string of the molecule is COc1ccc(-c2nc(N)c3nc(-c4ccco4)sc3n2)cc1. The number of hydrogen-bond donors (Lipinski definition) is 1. The molecule has 0 spiro atoms. The lowest BCUT2D eigenvalue weighted by Gasteiger charge is -2.03. The molecule has 0 aliphatic heterocycles. The smallest absolute Gasteiger partial charge is 0.163 e. The number of hydrogen-bond acceptors (Lipinski definition) is 7. The summed E-state index contributed by atoms with van der Waals surface area (Å²) in [6.07, 6.45) is 1.61. The Hall–Kier alpha value is -2.93. The zero-order chi connectivity index (χ0) is 15.8. The van der Waals surface area contributed by atoms with Gasteiger partial charge in [-0.1, -0.05) is 11.3 Å². The van der Waals surface area contributed by atoms with E-state index in [0.29, 0.717) is 22.9 Å². The summed E-state index contributed by atoms with van der Waals surface area (Å²) in [4.78, 5) is 14.1. The maximum Gasteiger partial charge on any atom is 0.163 e. The fraction of sp³-hybridized carbons (Fsp3) is 0.0625. The summed E-state index contributed by atoms with van der Waals surface area (Å²) in [6.45, 7) is 0. The van der Waals surface area contributed by atoms with Gasteiger partial charge in [0.15, 0.2) is 22.4 Å². The molecule has 7 heteroatoms. The van der Waals surface area contributed by atoms with Crippen molar-refractivity contribution in [3.8, 4) is 27.9 Å². The van der Waals surface area contributed by atoms with E-state index in [1.54, 1.807) is 13.4 Å². The number of methoxy groups -OCH3 is 1. The number of aromatic nitrogens is 3. The van der Waals surface area contributed by atoms with Crippen LogP contribution in [0.25, 0.3) is 32.5 Å². The maximum absolute atomic E-state index is 6.05. The molecule has 1 aromatic carbocycles. The summed E-state index contributed by atoms with van der Waals surface area (Å²) in [5.74, 6) is 2.39. The zero-order valence-electron chi connectivity index (χ0n) is 12.2. The van der Waals surface area contributed by atoms with Crippen LogP contribution in [0.4, 0.5) is 5.82 Å². The first-order valence-electron chi connectivity index (χ1n) is 6.87. The Morgan fingerprint density at radius 2 is 1.91 bits per heavy atom. The number of benzene rings is 1. The molecule has 2 N–H and O–H groups in total. The minimum atomic E-state index is 0.356. The molecular weight excluding hydrogens is 312 g/mol. The lowest BCUT2D eigenvalue weighted by molar-refractivity contribution is 0.415. The summed E-state index contributed by atoms with van der Waals surface area (Å²) < 4.78 is 10.5. The van der Waals surface area contributed by atoms with E-state index in [4.69, 9.17) is 14.9 Å². The highest BCUT2D eigenvalue weighted by atomic mass is 32.1. The molecule has 114 valence electrons. The largest absolute Gasteiger partial charge is 0.497 e. The highest BCUT2D eigenvalue weighted by Crippen LogP contribution is 2.32. The van der Waals surface area contributed by atoms with Crippen LogP contribution in [0.15, 0.2) is 47.1 Å². The molecule has 3 aromatic heterocycles. The molecule has 3 heterocycles. The van der Waals surface area contributed by atoms with E-state index in [1.807, 2.05) is 36.4 Å². The first kappa shape index (κ1) is 13.7. The van der Waals surface area contributed by atoms with Crippen LogP contribution in [0, 0.1) is 0 Å². The summed E-state index contributed by atoms with van der Waals surface area (Å²) in [6, 6.07) is 11.2. The number of furan rings is 1. The number of anilines is 1. The fourth-order valence-corrected chi connectivity index (χ4v) is 3.13. The van der Waals surface area contributed by atoms with E-state index in [9.17, 15) is 0 Å². The molecule has 0 amide bonds. The predicted molar refractivity (Wildman–Crippen MR) is 89.3 cm³/mol. The van der Waals surface area contributed by atoms with Crippen molar-refractivity contribution in [2.24, 2.45) is 0 Å². The molecule has 0 unspecified atom stereocenters.